The van der Waals surface area contributed by atoms with Gasteiger partial charge in [0.1, 0.15) is 0 Å². The van der Waals surface area contributed by atoms with Crippen LogP contribution in [0.3, 0.4) is 0 Å². The Morgan fingerprint density at radius 1 is 0.900 bits per heavy atom. The highest BCUT2D eigenvalue weighted by Crippen LogP contribution is 2.23. The van der Waals surface area contributed by atoms with Crippen molar-refractivity contribution < 1.29 is 0 Å². The van der Waals surface area contributed by atoms with Crippen molar-refractivity contribution in [1.29, 1.82) is 0 Å². The van der Waals surface area contributed by atoms with Crippen molar-refractivity contribution in [3.05, 3.63) is 60.2 Å². The molecule has 20 heavy (non-hydrogen) atoms. The Bertz CT molecular complexity index is 725. The summed E-state index contributed by atoms with van der Waals surface area (Å²) in [6.07, 6.45) is 0. The van der Waals surface area contributed by atoms with Crippen LogP contribution in [0, 0.1) is 0 Å². The first-order valence-electron chi connectivity index (χ1n) is 6.58. The van der Waals surface area contributed by atoms with Crippen molar-refractivity contribution in [2.24, 2.45) is 0 Å². The molecule has 0 radical (unpaired) electrons. The van der Waals surface area contributed by atoms with Crippen LogP contribution in [0.25, 0.3) is 11.0 Å². The van der Waals surface area contributed by atoms with E-state index in [1.165, 1.54) is 5.56 Å². The van der Waals surface area contributed by atoms with Crippen molar-refractivity contribution in [3.63, 3.8) is 0 Å². The molecule has 100 valence electrons. The number of fused-ring (bicyclic) bond motifs is 1. The van der Waals surface area contributed by atoms with Crippen LogP contribution in [0.4, 0.5) is 11.6 Å². The highest BCUT2D eigenvalue weighted by molar-refractivity contribution is 5.79. The van der Waals surface area contributed by atoms with Gasteiger partial charge in [0.25, 0.3) is 0 Å². The number of rotatable bonds is 3. The van der Waals surface area contributed by atoms with Crippen LogP contribution in [0.5, 0.6) is 0 Å². The SMILES string of the molecule is CC(Nc1nc2ccccc2nc1N)c1ccccc1. The molecule has 1 aromatic heterocycles. The maximum Gasteiger partial charge on any atom is 0.170 e. The van der Waals surface area contributed by atoms with Crippen LogP contribution < -0.4 is 11.1 Å². The summed E-state index contributed by atoms with van der Waals surface area (Å²) < 4.78 is 0. The van der Waals surface area contributed by atoms with E-state index in [-0.39, 0.29) is 6.04 Å². The number of aromatic nitrogens is 2. The van der Waals surface area contributed by atoms with Crippen LogP contribution >= 0.6 is 0 Å². The second kappa shape index (κ2) is 5.17. The third-order valence-corrected chi connectivity index (χ3v) is 3.25. The van der Waals surface area contributed by atoms with Gasteiger partial charge in [0.15, 0.2) is 11.6 Å². The molecular formula is C16H16N4. The van der Waals surface area contributed by atoms with E-state index in [9.17, 15) is 0 Å². The van der Waals surface area contributed by atoms with E-state index in [2.05, 4.69) is 34.3 Å². The highest BCUT2D eigenvalue weighted by atomic mass is 15.1. The molecule has 4 nitrogen and oxygen atoms in total. The molecule has 0 saturated heterocycles. The van der Waals surface area contributed by atoms with Crippen molar-refractivity contribution in [2.75, 3.05) is 11.1 Å². The minimum Gasteiger partial charge on any atom is -0.381 e. The van der Waals surface area contributed by atoms with Gasteiger partial charge in [0.2, 0.25) is 0 Å². The summed E-state index contributed by atoms with van der Waals surface area (Å²) in [6, 6.07) is 18.0. The van der Waals surface area contributed by atoms with Gasteiger partial charge in [-0.05, 0) is 24.6 Å². The second-order valence-electron chi connectivity index (χ2n) is 4.72. The summed E-state index contributed by atoms with van der Waals surface area (Å²) in [5.74, 6) is 1.05. The fourth-order valence-corrected chi connectivity index (χ4v) is 2.15. The molecule has 0 aliphatic rings. The molecule has 0 saturated carbocycles. The predicted octanol–water partition coefficient (Wildman–Crippen LogP) is 3.39. The quantitative estimate of drug-likeness (QED) is 0.761. The largest absolute Gasteiger partial charge is 0.381 e. The topological polar surface area (TPSA) is 63.8 Å². The Hall–Kier alpha value is -2.62. The first-order chi connectivity index (χ1) is 9.74. The molecule has 0 fully saturated rings. The molecule has 3 N–H and O–H groups in total. The summed E-state index contributed by atoms with van der Waals surface area (Å²) in [4.78, 5) is 8.92. The molecule has 0 aliphatic carbocycles. The minimum atomic E-state index is 0.119. The average molecular weight is 264 g/mol. The number of anilines is 2. The smallest absolute Gasteiger partial charge is 0.170 e. The molecule has 0 aliphatic heterocycles. The third-order valence-electron chi connectivity index (χ3n) is 3.25. The number of benzene rings is 2. The molecule has 4 heteroatoms. The molecule has 0 amide bonds. The Morgan fingerprint density at radius 2 is 1.50 bits per heavy atom. The standard InChI is InChI=1S/C16H16N4/c1-11(12-7-3-2-4-8-12)18-16-15(17)19-13-9-5-6-10-14(13)20-16/h2-11H,1H3,(H2,17,19)(H,18,20). The van der Waals surface area contributed by atoms with Gasteiger partial charge in [0.05, 0.1) is 17.1 Å². The zero-order chi connectivity index (χ0) is 13.9. The van der Waals surface area contributed by atoms with E-state index < -0.39 is 0 Å². The number of nitrogen functional groups attached to an aromatic ring is 1. The minimum absolute atomic E-state index is 0.119. The molecule has 2 aromatic carbocycles. The van der Waals surface area contributed by atoms with Gasteiger partial charge < -0.3 is 11.1 Å². The lowest BCUT2D eigenvalue weighted by Crippen LogP contribution is -2.11. The fourth-order valence-electron chi connectivity index (χ4n) is 2.15. The first-order valence-corrected chi connectivity index (χ1v) is 6.58. The normalized spacial score (nSPS) is 12.2. The summed E-state index contributed by atoms with van der Waals surface area (Å²) in [5.41, 5.74) is 8.80. The van der Waals surface area contributed by atoms with Gasteiger partial charge in [0, 0.05) is 0 Å². The lowest BCUT2D eigenvalue weighted by Gasteiger charge is -2.16. The van der Waals surface area contributed by atoms with Crippen LogP contribution in [0.15, 0.2) is 54.6 Å². The van der Waals surface area contributed by atoms with Crippen molar-refractivity contribution in [1.82, 2.24) is 9.97 Å². The zero-order valence-corrected chi connectivity index (χ0v) is 11.2. The summed E-state index contributed by atoms with van der Waals surface area (Å²) in [5, 5.41) is 3.32. The number of para-hydroxylation sites is 2. The summed E-state index contributed by atoms with van der Waals surface area (Å²) in [6.45, 7) is 2.08. The first kappa shape index (κ1) is 12.4. The van der Waals surface area contributed by atoms with Gasteiger partial charge in [-0.15, -0.1) is 0 Å². The predicted molar refractivity (Wildman–Crippen MR) is 82.4 cm³/mol. The van der Waals surface area contributed by atoms with E-state index >= 15 is 0 Å². The molecule has 1 heterocycles. The molecule has 0 spiro atoms. The Kier molecular flexibility index (Phi) is 3.21. The van der Waals surface area contributed by atoms with E-state index in [1.807, 2.05) is 42.5 Å². The number of nitrogens with zero attached hydrogens (tertiary/aromatic N) is 2. The van der Waals surface area contributed by atoms with E-state index in [1.54, 1.807) is 0 Å². The number of nitrogens with two attached hydrogens (primary N) is 1. The van der Waals surface area contributed by atoms with Crippen molar-refractivity contribution in [2.45, 2.75) is 13.0 Å². The van der Waals surface area contributed by atoms with E-state index in [0.29, 0.717) is 11.6 Å². The van der Waals surface area contributed by atoms with Crippen molar-refractivity contribution in [3.8, 4) is 0 Å². The molecule has 1 atom stereocenters. The fraction of sp³-hybridized carbons (Fsp3) is 0.125. The Morgan fingerprint density at radius 3 is 2.20 bits per heavy atom. The Balaban J connectivity index is 1.92. The lowest BCUT2D eigenvalue weighted by molar-refractivity contribution is 0.876. The third kappa shape index (κ3) is 2.40. The van der Waals surface area contributed by atoms with Crippen LogP contribution in [0.2, 0.25) is 0 Å². The lowest BCUT2D eigenvalue weighted by atomic mass is 10.1. The van der Waals surface area contributed by atoms with Crippen LogP contribution in [-0.4, -0.2) is 9.97 Å². The molecule has 3 rings (SSSR count). The molecule has 1 unspecified atom stereocenters. The van der Waals surface area contributed by atoms with Gasteiger partial charge in [-0.25, -0.2) is 9.97 Å². The van der Waals surface area contributed by atoms with Gasteiger partial charge in [-0.1, -0.05) is 42.5 Å². The second-order valence-corrected chi connectivity index (χ2v) is 4.72. The summed E-state index contributed by atoms with van der Waals surface area (Å²) >= 11 is 0. The van der Waals surface area contributed by atoms with Gasteiger partial charge in [-0.3, -0.25) is 0 Å². The molecular weight excluding hydrogens is 248 g/mol. The Labute approximate surface area is 117 Å². The zero-order valence-electron chi connectivity index (χ0n) is 11.2. The molecule has 0 bridgehead atoms. The number of hydrogen-bond donors (Lipinski definition) is 2. The van der Waals surface area contributed by atoms with E-state index in [0.717, 1.165) is 11.0 Å². The number of hydrogen-bond acceptors (Lipinski definition) is 4. The maximum atomic E-state index is 5.98. The monoisotopic (exact) mass is 264 g/mol. The average Bonchev–Trinajstić information content (AvgIpc) is 2.49. The van der Waals surface area contributed by atoms with E-state index in [4.69, 9.17) is 5.73 Å². The van der Waals surface area contributed by atoms with Crippen LogP contribution in [0.1, 0.15) is 18.5 Å². The van der Waals surface area contributed by atoms with Gasteiger partial charge in [-0.2, -0.15) is 0 Å². The summed E-state index contributed by atoms with van der Waals surface area (Å²) in [7, 11) is 0. The highest BCUT2D eigenvalue weighted by Gasteiger charge is 2.10. The van der Waals surface area contributed by atoms with Gasteiger partial charge >= 0.3 is 0 Å². The maximum absolute atomic E-state index is 5.98. The number of nitrogens with one attached hydrogen (secondary N) is 1. The van der Waals surface area contributed by atoms with Crippen LogP contribution in [-0.2, 0) is 0 Å². The van der Waals surface area contributed by atoms with Crippen molar-refractivity contribution >= 4 is 22.7 Å². The molecule has 3 aromatic rings.